The van der Waals surface area contributed by atoms with E-state index < -0.39 is 12.2 Å². The van der Waals surface area contributed by atoms with Crippen molar-refractivity contribution in [3.8, 4) is 17.2 Å². The van der Waals surface area contributed by atoms with E-state index in [4.69, 9.17) is 9.47 Å². The van der Waals surface area contributed by atoms with Crippen molar-refractivity contribution >= 4 is 24.3 Å². The number of unbranched alkanes of at least 4 members (excludes halogenated alkanes) is 6. The average Bonchev–Trinajstić information content (AvgIpc) is 3.10. The third-order valence-corrected chi connectivity index (χ3v) is 7.71. The number of aryl methyl sites for hydroxylation is 6. The Hall–Kier alpha value is -5.24. The van der Waals surface area contributed by atoms with Crippen molar-refractivity contribution in [2.24, 2.45) is 9.98 Å². The monoisotopic (exact) mass is 702 g/mol. The number of para-hydroxylation sites is 3. The molecule has 0 bridgehead atoms. The molecule has 276 valence electrons. The number of aliphatic imine (C=N–C) groups is 2. The summed E-state index contributed by atoms with van der Waals surface area (Å²) in [4.78, 5) is 49.9. The molecule has 11 nitrogen and oxygen atoms in total. The van der Waals surface area contributed by atoms with Gasteiger partial charge in [0.1, 0.15) is 17.2 Å². The maximum atomic E-state index is 11.9. The molecule has 0 aliphatic heterocycles. The zero-order valence-electron chi connectivity index (χ0n) is 31.0. The largest absolute Gasteiger partial charge is 0.507 e. The highest BCUT2D eigenvalue weighted by molar-refractivity contribution is 5.72. The lowest BCUT2D eigenvalue weighted by Gasteiger charge is -2.11. The second-order valence-corrected chi connectivity index (χ2v) is 12.1. The van der Waals surface area contributed by atoms with Crippen molar-refractivity contribution in [3.05, 3.63) is 88.0 Å². The molecular formula is C40H54N4O7. The smallest absolute Gasteiger partial charge is 0.412 e. The predicted molar refractivity (Wildman–Crippen MR) is 200 cm³/mol. The topological polar surface area (TPSA) is 156 Å². The van der Waals surface area contributed by atoms with Crippen molar-refractivity contribution < 1.29 is 33.8 Å². The molecule has 0 spiro atoms. The van der Waals surface area contributed by atoms with Crippen LogP contribution >= 0.6 is 0 Å². The van der Waals surface area contributed by atoms with E-state index in [1.807, 2.05) is 96.1 Å². The van der Waals surface area contributed by atoms with Crippen LogP contribution < -0.4 is 20.1 Å². The Morgan fingerprint density at radius 1 is 0.549 bits per heavy atom. The fraction of sp³-hybridized carbons (Fsp3) is 0.450. The van der Waals surface area contributed by atoms with E-state index in [2.05, 4.69) is 20.6 Å². The van der Waals surface area contributed by atoms with Gasteiger partial charge in [0.05, 0.1) is 13.1 Å². The van der Waals surface area contributed by atoms with Gasteiger partial charge in [-0.15, -0.1) is 0 Å². The van der Waals surface area contributed by atoms with E-state index in [0.717, 1.165) is 84.7 Å². The van der Waals surface area contributed by atoms with Crippen LogP contribution in [0.25, 0.3) is 0 Å². The van der Waals surface area contributed by atoms with Crippen LogP contribution in [0.1, 0.15) is 84.7 Å². The number of ether oxygens (including phenoxy) is 2. The van der Waals surface area contributed by atoms with Crippen LogP contribution in [0.3, 0.4) is 0 Å². The number of amides is 2. The maximum Gasteiger partial charge on any atom is 0.412 e. The molecule has 3 aromatic carbocycles. The molecule has 0 saturated carbocycles. The summed E-state index contributed by atoms with van der Waals surface area (Å²) in [7, 11) is 0. The molecule has 0 aliphatic carbocycles. The number of rotatable bonds is 16. The first-order valence-corrected chi connectivity index (χ1v) is 17.4. The van der Waals surface area contributed by atoms with E-state index >= 15 is 0 Å². The number of benzene rings is 3. The van der Waals surface area contributed by atoms with Gasteiger partial charge in [-0.05, 0) is 101 Å². The molecule has 0 radical (unpaired) electrons. The van der Waals surface area contributed by atoms with Crippen LogP contribution in [0.4, 0.5) is 9.59 Å². The minimum atomic E-state index is -0.427. The van der Waals surface area contributed by atoms with E-state index in [1.54, 1.807) is 0 Å². The third-order valence-electron chi connectivity index (χ3n) is 7.71. The fourth-order valence-electron chi connectivity index (χ4n) is 4.79. The lowest BCUT2D eigenvalue weighted by molar-refractivity contribution is 0.198. The van der Waals surface area contributed by atoms with E-state index in [1.165, 1.54) is 12.2 Å². The van der Waals surface area contributed by atoms with Crippen LogP contribution in [-0.2, 0) is 9.59 Å². The molecular weight excluding hydrogens is 648 g/mol. The molecule has 0 unspecified atom stereocenters. The number of hydrogen-bond acceptors (Lipinski definition) is 9. The Morgan fingerprint density at radius 2 is 0.863 bits per heavy atom. The van der Waals surface area contributed by atoms with Crippen molar-refractivity contribution in [3.63, 3.8) is 0 Å². The molecule has 3 rings (SSSR count). The Labute approximate surface area is 302 Å². The van der Waals surface area contributed by atoms with Gasteiger partial charge in [0.25, 0.3) is 0 Å². The van der Waals surface area contributed by atoms with Crippen molar-refractivity contribution in [1.29, 1.82) is 0 Å². The minimum absolute atomic E-state index is 0.414. The summed E-state index contributed by atoms with van der Waals surface area (Å²) in [5, 5.41) is 14.8. The Morgan fingerprint density at radius 3 is 1.18 bits per heavy atom. The van der Waals surface area contributed by atoms with Gasteiger partial charge in [0.15, 0.2) is 0 Å². The van der Waals surface area contributed by atoms with Gasteiger partial charge in [-0.2, -0.15) is 0 Å². The molecule has 0 fully saturated rings. The molecule has 2 amide bonds. The van der Waals surface area contributed by atoms with Gasteiger partial charge in [-0.25, -0.2) is 29.2 Å². The summed E-state index contributed by atoms with van der Waals surface area (Å²) >= 11 is 0. The number of nitrogens with zero attached hydrogens (tertiary/aromatic N) is 2. The molecule has 11 heteroatoms. The predicted octanol–water partition coefficient (Wildman–Crippen LogP) is 8.59. The third kappa shape index (κ3) is 19.5. The molecule has 3 N–H and O–H groups in total. The highest BCUT2D eigenvalue weighted by Crippen LogP contribution is 2.23. The first kappa shape index (κ1) is 43.8. The number of carbonyl (C=O) groups is 2. The molecule has 0 saturated heterocycles. The quantitative estimate of drug-likeness (QED) is 0.0767. The molecule has 51 heavy (non-hydrogen) atoms. The normalized spacial score (nSPS) is 9.76. The Balaban J connectivity index is 0.000000503. The number of aromatic hydroxyl groups is 1. The number of carbonyl (C=O) groups excluding carboxylic acids is 4. The second kappa shape index (κ2) is 26.6. The zero-order valence-corrected chi connectivity index (χ0v) is 31.0. The number of isocyanates is 2. The van der Waals surface area contributed by atoms with Gasteiger partial charge < -0.3 is 25.2 Å². The van der Waals surface area contributed by atoms with Crippen molar-refractivity contribution in [2.45, 2.75) is 92.9 Å². The van der Waals surface area contributed by atoms with Gasteiger partial charge >= 0.3 is 12.2 Å². The lowest BCUT2D eigenvalue weighted by Crippen LogP contribution is -2.28. The van der Waals surface area contributed by atoms with Gasteiger partial charge in [0.2, 0.25) is 12.2 Å². The maximum absolute atomic E-state index is 11.9. The summed E-state index contributed by atoms with van der Waals surface area (Å²) in [6.45, 7) is 13.7. The van der Waals surface area contributed by atoms with Gasteiger partial charge in [0, 0.05) is 13.1 Å². The molecule has 0 aliphatic rings. The fourth-order valence-corrected chi connectivity index (χ4v) is 4.79. The summed E-state index contributed by atoms with van der Waals surface area (Å²) in [5.41, 5.74) is 5.63. The molecule has 0 aromatic heterocycles. The molecule has 0 heterocycles. The van der Waals surface area contributed by atoms with Crippen molar-refractivity contribution in [1.82, 2.24) is 10.6 Å². The highest BCUT2D eigenvalue weighted by atomic mass is 16.6. The minimum Gasteiger partial charge on any atom is -0.507 e. The summed E-state index contributed by atoms with van der Waals surface area (Å²) < 4.78 is 10.8. The van der Waals surface area contributed by atoms with Crippen LogP contribution in [0, 0.1) is 41.5 Å². The first-order valence-electron chi connectivity index (χ1n) is 17.4. The number of nitrogens with one attached hydrogen (secondary N) is 2. The molecule has 3 aromatic rings. The zero-order chi connectivity index (χ0) is 37.9. The highest BCUT2D eigenvalue weighted by Gasteiger charge is 2.10. The first-order chi connectivity index (χ1) is 24.5. The van der Waals surface area contributed by atoms with Gasteiger partial charge in [-0.3, -0.25) is 0 Å². The van der Waals surface area contributed by atoms with E-state index in [9.17, 15) is 24.3 Å². The number of phenolic OH excluding ortho intramolecular Hbond substituents is 1. The van der Waals surface area contributed by atoms with Crippen LogP contribution in [0.15, 0.2) is 64.6 Å². The van der Waals surface area contributed by atoms with Crippen LogP contribution in [-0.4, -0.2) is 55.6 Å². The number of phenols is 1. The SMILES string of the molecule is Cc1cccc(C)c1O.Cc1cccc(C)c1OC(=O)NCCCCCCNC(=O)Oc1c(C)cccc1C.O=C=NCCCCCCN=C=O. The van der Waals surface area contributed by atoms with E-state index in [0.29, 0.717) is 43.4 Å². The van der Waals surface area contributed by atoms with Crippen LogP contribution in [0.2, 0.25) is 0 Å². The summed E-state index contributed by atoms with van der Waals surface area (Å²) in [5.74, 6) is 1.65. The standard InChI is InChI=1S/C24H32N2O4.C8H12N2O2.C8H10O/c1-17-11-9-12-18(2)21(17)29-23(27)25-15-7-5-6-8-16-26-24(28)30-22-19(3)13-10-14-20(22)4;11-7-9-5-3-1-2-4-6-10-8-12;1-6-4-3-5-7(2)8(6)9/h9-14H,5-8,15-16H2,1-4H3,(H,25,27)(H,26,28);1-6H2;3-5,9H,1-2H3. The van der Waals surface area contributed by atoms with Crippen molar-refractivity contribution in [2.75, 3.05) is 26.2 Å². The van der Waals surface area contributed by atoms with Crippen LogP contribution in [0.5, 0.6) is 17.2 Å². The average molecular weight is 703 g/mol. The summed E-state index contributed by atoms with van der Waals surface area (Å²) in [6, 6.07) is 17.3. The Kier molecular flexibility index (Phi) is 22.8. The lowest BCUT2D eigenvalue weighted by atomic mass is 10.1. The number of hydrogen-bond donors (Lipinski definition) is 3. The summed E-state index contributed by atoms with van der Waals surface area (Å²) in [6.07, 6.45) is 9.57. The van der Waals surface area contributed by atoms with Gasteiger partial charge in [-0.1, -0.05) is 80.3 Å². The van der Waals surface area contributed by atoms with E-state index in [-0.39, 0.29) is 0 Å². The molecule has 0 atom stereocenters. The second-order valence-electron chi connectivity index (χ2n) is 12.1. The Bertz CT molecular complexity index is 1440.